The summed E-state index contributed by atoms with van der Waals surface area (Å²) in [6.07, 6.45) is -7.45. The predicted octanol–water partition coefficient (Wildman–Crippen LogP) is 0.557. The number of ether oxygens (including phenoxy) is 2. The van der Waals surface area contributed by atoms with Gasteiger partial charge in [0.05, 0.1) is 10.9 Å². The van der Waals surface area contributed by atoms with Crippen molar-refractivity contribution >= 4 is 34.3 Å². The molecule has 3 unspecified atom stereocenters. The molecule has 1 aromatic carbocycles. The zero-order chi connectivity index (χ0) is 21.7. The first kappa shape index (κ1) is 21.2. The van der Waals surface area contributed by atoms with Gasteiger partial charge in [-0.15, -0.1) is 0 Å². The predicted molar refractivity (Wildman–Crippen MR) is 102 cm³/mol. The Hall–Kier alpha value is -2.01. The second-order valence-electron chi connectivity index (χ2n) is 7.71. The highest BCUT2D eigenvalue weighted by molar-refractivity contribution is 6.35. The molecule has 4 N–H and O–H groups in total. The molecule has 1 aromatic heterocycles. The number of esters is 1. The maximum atomic E-state index is 12.7. The number of aryl methyl sites for hydroxylation is 1. The summed E-state index contributed by atoms with van der Waals surface area (Å²) in [6, 6.07) is 4.95. The number of benzene rings is 1. The summed E-state index contributed by atoms with van der Waals surface area (Å²) in [4.78, 5) is 25.0. The summed E-state index contributed by atoms with van der Waals surface area (Å²) in [5, 5.41) is 39.5. The Labute approximate surface area is 175 Å². The number of hydrogen-bond donors (Lipinski definition) is 4. The summed E-state index contributed by atoms with van der Waals surface area (Å²) in [5.74, 6) is -1.40. The fraction of sp³-hybridized carbons (Fsp3) is 0.500. The minimum absolute atomic E-state index is 0.234. The Morgan fingerprint density at radius 1 is 1.10 bits per heavy atom. The molecule has 2 aliphatic rings. The Balaban J connectivity index is 1.36. The molecule has 4 rings (SSSR count). The number of halogens is 1. The van der Waals surface area contributed by atoms with Crippen molar-refractivity contribution in [3.05, 3.63) is 34.5 Å². The lowest BCUT2D eigenvalue weighted by Gasteiger charge is -2.37. The average molecular weight is 441 g/mol. The molecule has 0 spiro atoms. The molecule has 2 aromatic rings. The molecule has 162 valence electrons. The van der Waals surface area contributed by atoms with Crippen molar-refractivity contribution in [3.8, 4) is 0 Å². The van der Waals surface area contributed by atoms with Crippen LogP contribution in [0.2, 0.25) is 5.02 Å². The number of aliphatic hydroxyl groups excluding tert-OH is 4. The quantitative estimate of drug-likeness (QED) is 0.386. The smallest absolute Gasteiger partial charge is 0.309 e. The van der Waals surface area contributed by atoms with Crippen LogP contribution in [0.5, 0.6) is 0 Å². The summed E-state index contributed by atoms with van der Waals surface area (Å²) >= 11 is 6.19. The van der Waals surface area contributed by atoms with Gasteiger partial charge in [0.1, 0.15) is 36.8 Å². The van der Waals surface area contributed by atoms with Crippen molar-refractivity contribution in [2.75, 3.05) is 6.61 Å². The lowest BCUT2D eigenvalue weighted by molar-refractivity contribution is -0.287. The fourth-order valence-electron chi connectivity index (χ4n) is 3.68. The largest absolute Gasteiger partial charge is 0.463 e. The van der Waals surface area contributed by atoms with Gasteiger partial charge < -0.3 is 34.3 Å². The van der Waals surface area contributed by atoms with Gasteiger partial charge in [-0.25, -0.2) is 0 Å². The SMILES string of the molecule is Cc1cc2cc(C(=O)[C@H]3C[C@@H]3C(=O)OCC3OC(O)[C@H](O)[C@@H](O)C3O)cc(Cl)c2o1. The van der Waals surface area contributed by atoms with Gasteiger partial charge in [0, 0.05) is 16.9 Å². The summed E-state index contributed by atoms with van der Waals surface area (Å²) in [7, 11) is 0. The van der Waals surface area contributed by atoms with Gasteiger partial charge >= 0.3 is 5.97 Å². The van der Waals surface area contributed by atoms with Crippen LogP contribution in [0.3, 0.4) is 0 Å². The van der Waals surface area contributed by atoms with E-state index >= 15 is 0 Å². The van der Waals surface area contributed by atoms with Crippen molar-refractivity contribution in [3.63, 3.8) is 0 Å². The third-order valence-corrected chi connectivity index (χ3v) is 5.77. The lowest BCUT2D eigenvalue weighted by Crippen LogP contribution is -2.58. The molecule has 30 heavy (non-hydrogen) atoms. The molecule has 0 amide bonds. The summed E-state index contributed by atoms with van der Waals surface area (Å²) in [5.41, 5.74) is 0.873. The number of ketones is 1. The van der Waals surface area contributed by atoms with E-state index in [1.165, 1.54) is 6.07 Å². The molecule has 1 aliphatic carbocycles. The highest BCUT2D eigenvalue weighted by atomic mass is 35.5. The third-order valence-electron chi connectivity index (χ3n) is 5.49. The Morgan fingerprint density at radius 3 is 2.57 bits per heavy atom. The zero-order valence-electron chi connectivity index (χ0n) is 15.9. The number of carbonyl (C=O) groups excluding carboxylic acids is 2. The van der Waals surface area contributed by atoms with Crippen molar-refractivity contribution in [2.45, 2.75) is 44.1 Å². The van der Waals surface area contributed by atoms with Crippen LogP contribution in [0.1, 0.15) is 22.5 Å². The van der Waals surface area contributed by atoms with Gasteiger partial charge in [-0.2, -0.15) is 0 Å². The van der Waals surface area contributed by atoms with Gasteiger partial charge in [-0.05, 0) is 31.5 Å². The van der Waals surface area contributed by atoms with Crippen LogP contribution in [0.15, 0.2) is 22.6 Å². The number of rotatable bonds is 5. The number of fused-ring (bicyclic) bond motifs is 1. The van der Waals surface area contributed by atoms with Crippen LogP contribution in [-0.2, 0) is 14.3 Å². The van der Waals surface area contributed by atoms with Crippen molar-refractivity contribution < 1.29 is 43.9 Å². The number of Topliss-reactive ketones (excluding diaryl/α,β-unsaturated/α-hetero) is 1. The van der Waals surface area contributed by atoms with Crippen LogP contribution in [0.25, 0.3) is 11.0 Å². The minimum Gasteiger partial charge on any atom is -0.463 e. The Morgan fingerprint density at radius 2 is 1.83 bits per heavy atom. The zero-order valence-corrected chi connectivity index (χ0v) is 16.7. The van der Waals surface area contributed by atoms with Crippen LogP contribution in [-0.4, -0.2) is 69.5 Å². The highest BCUT2D eigenvalue weighted by Gasteiger charge is 2.50. The molecule has 1 saturated carbocycles. The minimum atomic E-state index is -1.71. The normalized spacial score (nSPS) is 33.5. The van der Waals surface area contributed by atoms with Gasteiger partial charge in [0.25, 0.3) is 0 Å². The molecule has 7 atom stereocenters. The highest BCUT2D eigenvalue weighted by Crippen LogP contribution is 2.43. The molecule has 0 radical (unpaired) electrons. The van der Waals surface area contributed by atoms with E-state index in [1.54, 1.807) is 19.1 Å². The van der Waals surface area contributed by atoms with Gasteiger partial charge in [0.15, 0.2) is 17.7 Å². The monoisotopic (exact) mass is 440 g/mol. The molecular formula is C20H21ClO9. The van der Waals surface area contributed by atoms with E-state index < -0.39 is 55.1 Å². The van der Waals surface area contributed by atoms with E-state index in [0.29, 0.717) is 33.7 Å². The first-order valence-electron chi connectivity index (χ1n) is 9.45. The van der Waals surface area contributed by atoms with Crippen LogP contribution in [0, 0.1) is 18.8 Å². The maximum absolute atomic E-state index is 12.7. The van der Waals surface area contributed by atoms with E-state index in [-0.39, 0.29) is 5.78 Å². The van der Waals surface area contributed by atoms with E-state index in [1.807, 2.05) is 0 Å². The second kappa shape index (κ2) is 7.92. The molecular weight excluding hydrogens is 420 g/mol. The fourth-order valence-corrected chi connectivity index (χ4v) is 3.95. The maximum Gasteiger partial charge on any atom is 0.309 e. The molecule has 2 heterocycles. The first-order valence-corrected chi connectivity index (χ1v) is 9.83. The topological polar surface area (TPSA) is 147 Å². The average Bonchev–Trinajstić information content (AvgIpc) is 3.42. The van der Waals surface area contributed by atoms with Crippen molar-refractivity contribution in [1.29, 1.82) is 0 Å². The number of furan rings is 1. The molecule has 1 aliphatic heterocycles. The van der Waals surface area contributed by atoms with E-state index in [0.717, 1.165) is 0 Å². The van der Waals surface area contributed by atoms with Crippen LogP contribution < -0.4 is 0 Å². The number of hydrogen-bond acceptors (Lipinski definition) is 9. The first-order chi connectivity index (χ1) is 14.2. The molecule has 1 saturated heterocycles. The number of carbonyl (C=O) groups is 2. The number of aliphatic hydroxyl groups is 4. The third kappa shape index (κ3) is 3.84. The standard InChI is InChI=1S/C20H21ClO9/c1-7-2-9-3-8(4-12(21)18(9)29-7)14(22)10-5-11(10)19(26)28-6-13-15(23)16(24)17(25)20(27)30-13/h2-4,10-11,13,15-17,20,23-25,27H,5-6H2,1H3/t10-,11-,13?,15?,16-,17+,20?/m0/s1. The molecule has 0 bridgehead atoms. The van der Waals surface area contributed by atoms with E-state index in [4.69, 9.17) is 25.5 Å². The second-order valence-corrected chi connectivity index (χ2v) is 8.12. The van der Waals surface area contributed by atoms with Crippen LogP contribution >= 0.6 is 11.6 Å². The van der Waals surface area contributed by atoms with E-state index in [2.05, 4.69) is 0 Å². The van der Waals surface area contributed by atoms with Gasteiger partial charge in [-0.3, -0.25) is 9.59 Å². The van der Waals surface area contributed by atoms with Gasteiger partial charge in [0.2, 0.25) is 0 Å². The van der Waals surface area contributed by atoms with Gasteiger partial charge in [-0.1, -0.05) is 11.6 Å². The molecule has 10 heteroatoms. The summed E-state index contributed by atoms with van der Waals surface area (Å²) < 4.78 is 15.5. The van der Waals surface area contributed by atoms with Crippen LogP contribution in [0.4, 0.5) is 0 Å². The van der Waals surface area contributed by atoms with Crippen molar-refractivity contribution in [1.82, 2.24) is 0 Å². The van der Waals surface area contributed by atoms with Crippen molar-refractivity contribution in [2.24, 2.45) is 11.8 Å². The molecule has 9 nitrogen and oxygen atoms in total. The Kier molecular flexibility index (Phi) is 5.60. The lowest BCUT2D eigenvalue weighted by atomic mass is 9.99. The summed E-state index contributed by atoms with van der Waals surface area (Å²) in [6.45, 7) is 1.33. The molecule has 2 fully saturated rings. The Bertz CT molecular complexity index is 986. The van der Waals surface area contributed by atoms with E-state index in [9.17, 15) is 30.0 Å².